The van der Waals surface area contributed by atoms with Crippen LogP contribution >= 0.6 is 0 Å². The van der Waals surface area contributed by atoms with Gasteiger partial charge in [-0.2, -0.15) is 4.98 Å². The molecule has 2 aromatic heterocycles. The van der Waals surface area contributed by atoms with Crippen molar-refractivity contribution in [3.8, 4) is 11.4 Å². The number of rotatable bonds is 3. The Morgan fingerprint density at radius 3 is 2.79 bits per heavy atom. The number of carbonyl (C=O) groups is 1. The number of hydrogen-bond acceptors (Lipinski definition) is 4. The van der Waals surface area contributed by atoms with Crippen LogP contribution in [0.25, 0.3) is 11.4 Å². The molecule has 0 spiro atoms. The Morgan fingerprint density at radius 2 is 2.04 bits per heavy atom. The minimum absolute atomic E-state index is 0.00413. The van der Waals surface area contributed by atoms with Gasteiger partial charge in [-0.15, -0.1) is 0 Å². The quantitative estimate of drug-likeness (QED) is 0.743. The van der Waals surface area contributed by atoms with Crippen molar-refractivity contribution in [3.63, 3.8) is 0 Å². The molecule has 1 atom stereocenters. The summed E-state index contributed by atoms with van der Waals surface area (Å²) in [5.74, 6) is 1.07. The van der Waals surface area contributed by atoms with Crippen LogP contribution in [-0.4, -0.2) is 32.1 Å². The number of likely N-dealkylation sites (tertiary alicyclic amines) is 1. The third-order valence-corrected chi connectivity index (χ3v) is 4.44. The van der Waals surface area contributed by atoms with E-state index in [0.717, 1.165) is 18.4 Å². The maximum Gasteiger partial charge on any atom is 0.271 e. The summed E-state index contributed by atoms with van der Waals surface area (Å²) in [6.45, 7) is 0.706. The van der Waals surface area contributed by atoms with Crippen molar-refractivity contribution in [1.29, 1.82) is 0 Å². The van der Waals surface area contributed by atoms with Crippen molar-refractivity contribution in [3.05, 3.63) is 60.2 Å². The first-order valence-electron chi connectivity index (χ1n) is 8.05. The summed E-state index contributed by atoms with van der Waals surface area (Å²) in [6.07, 6.45) is 3.65. The molecular weight excluding hydrogens is 304 g/mol. The van der Waals surface area contributed by atoms with Gasteiger partial charge in [-0.3, -0.25) is 4.79 Å². The van der Waals surface area contributed by atoms with E-state index < -0.39 is 0 Å². The van der Waals surface area contributed by atoms with Crippen LogP contribution in [0.3, 0.4) is 0 Å². The van der Waals surface area contributed by atoms with Crippen molar-refractivity contribution in [1.82, 2.24) is 19.6 Å². The lowest BCUT2D eigenvalue weighted by Gasteiger charge is -2.22. The van der Waals surface area contributed by atoms with Gasteiger partial charge in [-0.05, 0) is 25.0 Å². The van der Waals surface area contributed by atoms with Crippen molar-refractivity contribution in [2.75, 3.05) is 6.54 Å². The van der Waals surface area contributed by atoms with Crippen LogP contribution in [0.5, 0.6) is 0 Å². The molecule has 0 radical (unpaired) electrons. The molecule has 0 saturated carbocycles. The molecule has 24 heavy (non-hydrogen) atoms. The average Bonchev–Trinajstić information content (AvgIpc) is 3.35. The van der Waals surface area contributed by atoms with Gasteiger partial charge in [0.25, 0.3) is 5.91 Å². The molecule has 1 aliphatic rings. The second-order valence-electron chi connectivity index (χ2n) is 5.98. The van der Waals surface area contributed by atoms with E-state index in [1.54, 1.807) is 0 Å². The summed E-state index contributed by atoms with van der Waals surface area (Å²) in [5.41, 5.74) is 1.58. The summed E-state index contributed by atoms with van der Waals surface area (Å²) in [6, 6.07) is 13.3. The maximum absolute atomic E-state index is 12.8. The van der Waals surface area contributed by atoms with Crippen LogP contribution < -0.4 is 0 Å². The fourth-order valence-corrected chi connectivity index (χ4v) is 3.17. The summed E-state index contributed by atoms with van der Waals surface area (Å²) in [7, 11) is 1.87. The van der Waals surface area contributed by atoms with E-state index >= 15 is 0 Å². The van der Waals surface area contributed by atoms with Gasteiger partial charge in [0.1, 0.15) is 11.7 Å². The molecule has 1 saturated heterocycles. The monoisotopic (exact) mass is 322 g/mol. The highest BCUT2D eigenvalue weighted by molar-refractivity contribution is 5.93. The van der Waals surface area contributed by atoms with Gasteiger partial charge < -0.3 is 14.0 Å². The van der Waals surface area contributed by atoms with Crippen LogP contribution in [0.15, 0.2) is 53.2 Å². The van der Waals surface area contributed by atoms with Gasteiger partial charge in [0.2, 0.25) is 11.7 Å². The minimum Gasteiger partial charge on any atom is -0.347 e. The van der Waals surface area contributed by atoms with Crippen molar-refractivity contribution in [2.45, 2.75) is 18.9 Å². The molecule has 1 aromatic carbocycles. The number of nitrogens with zero attached hydrogens (tertiary/aromatic N) is 4. The van der Waals surface area contributed by atoms with Gasteiger partial charge in [0, 0.05) is 25.4 Å². The van der Waals surface area contributed by atoms with E-state index in [1.807, 2.05) is 65.2 Å². The largest absolute Gasteiger partial charge is 0.347 e. The molecule has 0 unspecified atom stereocenters. The lowest BCUT2D eigenvalue weighted by Crippen LogP contribution is -2.31. The van der Waals surface area contributed by atoms with Crippen molar-refractivity contribution >= 4 is 5.91 Å². The molecule has 0 aliphatic carbocycles. The predicted octanol–water partition coefficient (Wildman–Crippen LogP) is 3.05. The molecule has 3 heterocycles. The molecule has 122 valence electrons. The molecule has 0 N–H and O–H groups in total. The zero-order valence-corrected chi connectivity index (χ0v) is 13.4. The summed E-state index contributed by atoms with van der Waals surface area (Å²) in [5, 5.41) is 4.08. The molecule has 3 aromatic rings. The van der Waals surface area contributed by atoms with Crippen LogP contribution in [0.1, 0.15) is 35.3 Å². The Labute approximate surface area is 139 Å². The molecule has 6 heteroatoms. The third-order valence-electron chi connectivity index (χ3n) is 4.44. The van der Waals surface area contributed by atoms with Gasteiger partial charge >= 0.3 is 0 Å². The molecule has 6 nitrogen and oxygen atoms in total. The van der Waals surface area contributed by atoms with Crippen molar-refractivity contribution < 1.29 is 9.32 Å². The number of aromatic nitrogens is 3. The fraction of sp³-hybridized carbons (Fsp3) is 0.278. The fourth-order valence-electron chi connectivity index (χ4n) is 3.17. The highest BCUT2D eigenvalue weighted by Gasteiger charge is 2.35. The Morgan fingerprint density at radius 1 is 1.21 bits per heavy atom. The Bertz CT molecular complexity index is 853. The van der Waals surface area contributed by atoms with Crippen LogP contribution in [0.2, 0.25) is 0 Å². The summed E-state index contributed by atoms with van der Waals surface area (Å²) in [4.78, 5) is 19.2. The van der Waals surface area contributed by atoms with Crippen LogP contribution in [0.4, 0.5) is 0 Å². The second kappa shape index (κ2) is 5.96. The molecule has 1 aliphatic heterocycles. The number of amides is 1. The first-order chi connectivity index (χ1) is 11.7. The molecule has 1 amide bonds. The summed E-state index contributed by atoms with van der Waals surface area (Å²) >= 11 is 0. The topological polar surface area (TPSA) is 64.2 Å². The number of benzene rings is 1. The molecular formula is C18H18N4O2. The van der Waals surface area contributed by atoms with Gasteiger partial charge in [-0.1, -0.05) is 35.5 Å². The lowest BCUT2D eigenvalue weighted by molar-refractivity contribution is 0.0700. The van der Waals surface area contributed by atoms with Gasteiger partial charge in [0.15, 0.2) is 0 Å². The first-order valence-corrected chi connectivity index (χ1v) is 8.05. The standard InChI is InChI=1S/C18H18N4O2/c1-21-11-5-10-15(21)18(23)22-12-6-9-14(22)17-19-16(20-24-17)13-7-3-2-4-8-13/h2-5,7-8,10-11,14H,6,9,12H2,1H3/t14-/m0/s1. The normalized spacial score (nSPS) is 17.4. The SMILES string of the molecule is Cn1cccc1C(=O)N1CCC[C@H]1c1nc(-c2ccccc2)no1. The lowest BCUT2D eigenvalue weighted by atomic mass is 10.2. The van der Waals surface area contributed by atoms with E-state index in [2.05, 4.69) is 10.1 Å². The zero-order valence-electron chi connectivity index (χ0n) is 13.4. The Kier molecular flexibility index (Phi) is 3.65. The second-order valence-corrected chi connectivity index (χ2v) is 5.98. The summed E-state index contributed by atoms with van der Waals surface area (Å²) < 4.78 is 7.30. The third kappa shape index (κ3) is 2.50. The Balaban J connectivity index is 1.61. The van der Waals surface area contributed by atoms with E-state index in [1.165, 1.54) is 0 Å². The number of carbonyl (C=O) groups excluding carboxylic acids is 1. The van der Waals surface area contributed by atoms with Crippen LogP contribution in [0, 0.1) is 0 Å². The van der Waals surface area contributed by atoms with E-state index in [0.29, 0.717) is 24.0 Å². The zero-order chi connectivity index (χ0) is 16.5. The number of aryl methyl sites for hydroxylation is 1. The predicted molar refractivity (Wildman–Crippen MR) is 88.2 cm³/mol. The molecule has 4 rings (SSSR count). The highest BCUT2D eigenvalue weighted by Crippen LogP contribution is 2.33. The first kappa shape index (κ1) is 14.7. The number of hydrogen-bond donors (Lipinski definition) is 0. The highest BCUT2D eigenvalue weighted by atomic mass is 16.5. The van der Waals surface area contributed by atoms with Gasteiger partial charge in [-0.25, -0.2) is 0 Å². The van der Waals surface area contributed by atoms with E-state index in [9.17, 15) is 4.79 Å². The molecule has 0 bridgehead atoms. The van der Waals surface area contributed by atoms with E-state index in [4.69, 9.17) is 4.52 Å². The Hall–Kier alpha value is -2.89. The maximum atomic E-state index is 12.8. The minimum atomic E-state index is -0.155. The average molecular weight is 322 g/mol. The van der Waals surface area contributed by atoms with Gasteiger partial charge in [0.05, 0.1) is 0 Å². The molecule has 1 fully saturated rings. The smallest absolute Gasteiger partial charge is 0.271 e. The van der Waals surface area contributed by atoms with Crippen LogP contribution in [-0.2, 0) is 7.05 Å². The van der Waals surface area contributed by atoms with Crippen molar-refractivity contribution in [2.24, 2.45) is 7.05 Å². The van der Waals surface area contributed by atoms with E-state index in [-0.39, 0.29) is 11.9 Å².